The SMILES string of the molecule is O=C(O)C1(CNc2nccn3cnnc23)CCCCCC1. The van der Waals surface area contributed by atoms with Gasteiger partial charge < -0.3 is 10.4 Å². The predicted molar refractivity (Wildman–Crippen MR) is 77.0 cm³/mol. The molecule has 1 aliphatic carbocycles. The van der Waals surface area contributed by atoms with E-state index >= 15 is 0 Å². The molecule has 0 unspecified atom stereocenters. The Labute approximate surface area is 122 Å². The third-order valence-corrected chi connectivity index (χ3v) is 4.32. The van der Waals surface area contributed by atoms with Crippen LogP contribution in [0.1, 0.15) is 38.5 Å². The quantitative estimate of drug-likeness (QED) is 0.836. The number of anilines is 1. The first-order valence-electron chi connectivity index (χ1n) is 7.33. The highest BCUT2D eigenvalue weighted by molar-refractivity contribution is 5.76. The highest BCUT2D eigenvalue weighted by Crippen LogP contribution is 2.35. The normalized spacial score (nSPS) is 18.3. The van der Waals surface area contributed by atoms with Crippen LogP contribution in [0.3, 0.4) is 0 Å². The van der Waals surface area contributed by atoms with Gasteiger partial charge in [0.1, 0.15) is 6.33 Å². The standard InChI is InChI=1S/C14H19N5O2/c20-13(21)14(5-3-1-2-4-6-14)9-16-11-12-18-17-10-19(12)8-7-15-11/h7-8,10H,1-6,9H2,(H,15,16)(H,20,21). The van der Waals surface area contributed by atoms with Crippen molar-refractivity contribution in [3.8, 4) is 0 Å². The van der Waals surface area contributed by atoms with Crippen molar-refractivity contribution < 1.29 is 9.90 Å². The first-order chi connectivity index (χ1) is 10.2. The first-order valence-corrected chi connectivity index (χ1v) is 7.33. The minimum atomic E-state index is -0.717. The monoisotopic (exact) mass is 289 g/mol. The first kappa shape index (κ1) is 13.8. The van der Waals surface area contributed by atoms with Crippen LogP contribution in [-0.4, -0.2) is 37.2 Å². The Morgan fingerprint density at radius 2 is 2.10 bits per heavy atom. The van der Waals surface area contributed by atoms with E-state index in [1.165, 1.54) is 0 Å². The molecule has 0 saturated heterocycles. The van der Waals surface area contributed by atoms with Gasteiger partial charge >= 0.3 is 5.97 Å². The zero-order valence-corrected chi connectivity index (χ0v) is 11.8. The number of carboxylic acids is 1. The van der Waals surface area contributed by atoms with E-state index in [1.807, 2.05) is 0 Å². The average molecular weight is 289 g/mol. The van der Waals surface area contributed by atoms with Crippen molar-refractivity contribution in [2.45, 2.75) is 38.5 Å². The number of aromatic nitrogens is 4. The van der Waals surface area contributed by atoms with Crippen LogP contribution >= 0.6 is 0 Å². The zero-order chi connectivity index (χ0) is 14.7. The van der Waals surface area contributed by atoms with Crippen molar-refractivity contribution in [3.05, 3.63) is 18.7 Å². The summed E-state index contributed by atoms with van der Waals surface area (Å²) in [5.74, 6) is -0.134. The summed E-state index contributed by atoms with van der Waals surface area (Å²) in [7, 11) is 0. The molecule has 0 bridgehead atoms. The number of aliphatic carboxylic acids is 1. The minimum absolute atomic E-state index is 0.377. The lowest BCUT2D eigenvalue weighted by Crippen LogP contribution is -2.37. The number of carbonyl (C=O) groups is 1. The summed E-state index contributed by atoms with van der Waals surface area (Å²) in [6, 6.07) is 0. The molecule has 1 saturated carbocycles. The maximum absolute atomic E-state index is 11.8. The molecule has 7 heteroatoms. The highest BCUT2D eigenvalue weighted by Gasteiger charge is 2.38. The van der Waals surface area contributed by atoms with Gasteiger partial charge in [-0.3, -0.25) is 9.20 Å². The smallest absolute Gasteiger partial charge is 0.311 e. The lowest BCUT2D eigenvalue weighted by Gasteiger charge is -2.28. The molecular weight excluding hydrogens is 270 g/mol. The number of hydrogen-bond donors (Lipinski definition) is 2. The molecule has 0 atom stereocenters. The van der Waals surface area contributed by atoms with Gasteiger partial charge in [0.25, 0.3) is 0 Å². The Hall–Kier alpha value is -2.18. The van der Waals surface area contributed by atoms with Crippen LogP contribution in [0.15, 0.2) is 18.7 Å². The number of nitrogens with one attached hydrogen (secondary N) is 1. The van der Waals surface area contributed by atoms with Crippen molar-refractivity contribution >= 4 is 17.4 Å². The van der Waals surface area contributed by atoms with Crippen molar-refractivity contribution in [3.63, 3.8) is 0 Å². The number of hydrogen-bond acceptors (Lipinski definition) is 5. The molecule has 0 amide bonds. The second-order valence-electron chi connectivity index (χ2n) is 5.69. The molecule has 0 spiro atoms. The van der Waals surface area contributed by atoms with E-state index in [4.69, 9.17) is 0 Å². The fourth-order valence-electron chi connectivity index (χ4n) is 3.01. The van der Waals surface area contributed by atoms with E-state index in [-0.39, 0.29) is 0 Å². The fraction of sp³-hybridized carbons (Fsp3) is 0.571. The molecule has 3 rings (SSSR count). The largest absolute Gasteiger partial charge is 0.481 e. The van der Waals surface area contributed by atoms with E-state index in [9.17, 15) is 9.90 Å². The van der Waals surface area contributed by atoms with Gasteiger partial charge in [0.15, 0.2) is 5.82 Å². The summed E-state index contributed by atoms with van der Waals surface area (Å²) in [6.45, 7) is 0.377. The fourth-order valence-corrected chi connectivity index (χ4v) is 3.01. The number of carboxylic acid groups (broad SMARTS) is 1. The molecular formula is C14H19N5O2. The molecule has 2 aromatic heterocycles. The van der Waals surface area contributed by atoms with E-state index < -0.39 is 11.4 Å². The van der Waals surface area contributed by atoms with Crippen LogP contribution in [0, 0.1) is 5.41 Å². The van der Waals surface area contributed by atoms with E-state index in [1.54, 1.807) is 23.1 Å². The zero-order valence-electron chi connectivity index (χ0n) is 11.8. The number of nitrogens with zero attached hydrogens (tertiary/aromatic N) is 4. The second kappa shape index (κ2) is 5.67. The molecule has 7 nitrogen and oxygen atoms in total. The summed E-state index contributed by atoms with van der Waals surface area (Å²) in [5.41, 5.74) is -0.0861. The third kappa shape index (κ3) is 2.68. The molecule has 1 aliphatic rings. The van der Waals surface area contributed by atoms with E-state index in [0.29, 0.717) is 30.9 Å². The summed E-state index contributed by atoms with van der Waals surface area (Å²) in [6.07, 6.45) is 10.6. The molecule has 112 valence electrons. The van der Waals surface area contributed by atoms with Crippen LogP contribution in [0.2, 0.25) is 0 Å². The van der Waals surface area contributed by atoms with Crippen LogP contribution in [0.5, 0.6) is 0 Å². The highest BCUT2D eigenvalue weighted by atomic mass is 16.4. The molecule has 2 heterocycles. The summed E-state index contributed by atoms with van der Waals surface area (Å²) in [4.78, 5) is 16.0. The maximum atomic E-state index is 11.8. The Bertz CT molecular complexity index is 631. The Balaban J connectivity index is 1.80. The van der Waals surface area contributed by atoms with Crippen molar-refractivity contribution in [2.24, 2.45) is 5.41 Å². The number of rotatable bonds is 4. The molecule has 0 radical (unpaired) electrons. The molecule has 0 aliphatic heterocycles. The van der Waals surface area contributed by atoms with Crippen molar-refractivity contribution in [1.29, 1.82) is 0 Å². The molecule has 21 heavy (non-hydrogen) atoms. The molecule has 1 fully saturated rings. The van der Waals surface area contributed by atoms with Gasteiger partial charge in [0.05, 0.1) is 5.41 Å². The van der Waals surface area contributed by atoms with E-state index in [2.05, 4.69) is 20.5 Å². The second-order valence-corrected chi connectivity index (χ2v) is 5.69. The lowest BCUT2D eigenvalue weighted by molar-refractivity contribution is -0.149. The van der Waals surface area contributed by atoms with Gasteiger partial charge in [-0.1, -0.05) is 25.7 Å². The van der Waals surface area contributed by atoms with Gasteiger partial charge in [-0.15, -0.1) is 10.2 Å². The Kier molecular flexibility index (Phi) is 3.72. The summed E-state index contributed by atoms with van der Waals surface area (Å²) in [5, 5.41) is 20.7. The van der Waals surface area contributed by atoms with Gasteiger partial charge in [-0.25, -0.2) is 4.98 Å². The lowest BCUT2D eigenvalue weighted by atomic mass is 9.80. The van der Waals surface area contributed by atoms with Crippen LogP contribution < -0.4 is 5.32 Å². The third-order valence-electron chi connectivity index (χ3n) is 4.32. The molecule has 0 aromatic carbocycles. The van der Waals surface area contributed by atoms with Crippen molar-refractivity contribution in [2.75, 3.05) is 11.9 Å². The topological polar surface area (TPSA) is 92.4 Å². The Morgan fingerprint density at radius 3 is 2.81 bits per heavy atom. The summed E-state index contributed by atoms with van der Waals surface area (Å²) >= 11 is 0. The van der Waals surface area contributed by atoms with Gasteiger partial charge in [-0.05, 0) is 12.8 Å². The molecule has 2 aromatic rings. The summed E-state index contributed by atoms with van der Waals surface area (Å²) < 4.78 is 1.76. The minimum Gasteiger partial charge on any atom is -0.481 e. The maximum Gasteiger partial charge on any atom is 0.311 e. The van der Waals surface area contributed by atoms with Crippen LogP contribution in [-0.2, 0) is 4.79 Å². The van der Waals surface area contributed by atoms with Crippen molar-refractivity contribution in [1.82, 2.24) is 19.6 Å². The molecule has 2 N–H and O–H groups in total. The van der Waals surface area contributed by atoms with Crippen LogP contribution in [0.4, 0.5) is 5.82 Å². The van der Waals surface area contributed by atoms with Crippen LogP contribution in [0.25, 0.3) is 5.65 Å². The average Bonchev–Trinajstić information content (AvgIpc) is 2.83. The van der Waals surface area contributed by atoms with E-state index in [0.717, 1.165) is 25.7 Å². The van der Waals surface area contributed by atoms with Gasteiger partial charge in [0.2, 0.25) is 5.65 Å². The number of fused-ring (bicyclic) bond motifs is 1. The Morgan fingerprint density at radius 1 is 1.33 bits per heavy atom. The predicted octanol–water partition coefficient (Wildman–Crippen LogP) is 1.96. The van der Waals surface area contributed by atoms with Gasteiger partial charge in [-0.2, -0.15) is 0 Å². The van der Waals surface area contributed by atoms with Gasteiger partial charge in [0, 0.05) is 18.9 Å².